The van der Waals surface area contributed by atoms with E-state index in [1.165, 1.54) is 12.0 Å². The van der Waals surface area contributed by atoms with Crippen molar-refractivity contribution in [2.24, 2.45) is 5.92 Å². The van der Waals surface area contributed by atoms with Crippen molar-refractivity contribution in [3.05, 3.63) is 71.0 Å². The van der Waals surface area contributed by atoms with Crippen LogP contribution in [0.4, 0.5) is 9.18 Å². The average molecular weight is 411 g/mol. The Morgan fingerprint density at radius 3 is 2.73 bits per heavy atom. The Hall–Kier alpha value is -2.40. The summed E-state index contributed by atoms with van der Waals surface area (Å²) in [4.78, 5) is 12.3. The van der Waals surface area contributed by atoms with Gasteiger partial charge in [0.15, 0.2) is 0 Å². The van der Waals surface area contributed by atoms with Gasteiger partial charge in [0.2, 0.25) is 0 Å². The molecule has 4 rings (SSSR count). The number of carbonyl (C=O) groups excluding carboxylic acids is 1. The molecule has 3 atom stereocenters. The first-order chi connectivity index (χ1) is 14.7. The third kappa shape index (κ3) is 5.60. The highest BCUT2D eigenvalue weighted by Crippen LogP contribution is 2.28. The summed E-state index contributed by atoms with van der Waals surface area (Å²) in [6.45, 7) is 1.34. The average Bonchev–Trinajstić information content (AvgIpc) is 2.78. The van der Waals surface area contributed by atoms with E-state index in [-0.39, 0.29) is 18.0 Å². The van der Waals surface area contributed by atoms with Crippen LogP contribution in [-0.4, -0.2) is 24.8 Å². The van der Waals surface area contributed by atoms with Crippen molar-refractivity contribution in [2.45, 2.75) is 63.6 Å². The van der Waals surface area contributed by atoms with Crippen molar-refractivity contribution in [1.82, 2.24) is 10.6 Å². The van der Waals surface area contributed by atoms with E-state index in [2.05, 4.69) is 10.6 Å². The minimum Gasteiger partial charge on any atom is -0.446 e. The number of fused-ring (bicyclic) bond motifs is 1. The topological polar surface area (TPSA) is 50.4 Å². The molecule has 2 N–H and O–H groups in total. The highest BCUT2D eigenvalue weighted by atomic mass is 19.1. The summed E-state index contributed by atoms with van der Waals surface area (Å²) in [6.07, 6.45) is 6.81. The molecule has 1 fully saturated rings. The van der Waals surface area contributed by atoms with Gasteiger partial charge in [-0.1, -0.05) is 42.8 Å². The van der Waals surface area contributed by atoms with E-state index in [1.807, 2.05) is 36.4 Å². The second-order valence-electron chi connectivity index (χ2n) is 8.59. The maximum Gasteiger partial charge on any atom is 0.407 e. The van der Waals surface area contributed by atoms with Crippen molar-refractivity contribution >= 4 is 6.09 Å². The zero-order valence-corrected chi connectivity index (χ0v) is 17.4. The summed E-state index contributed by atoms with van der Waals surface area (Å²) in [5, 5.41) is 6.58. The lowest BCUT2D eigenvalue weighted by Gasteiger charge is -2.33. The standard InChI is InChI=1S/C25H31FN2O2/c26-22-12-10-20-15-23(13-11-19(20)14-22)27-17-21-8-4-5-9-24(21)30-25(29)28-16-18-6-2-1-3-7-18/h1-3,6-7,10,12,14,21,23-24,27H,4-5,8-9,11,13,15-17H2,(H,28,29)/t21-,23?,24+/m0/s1. The number of ether oxygens (including phenoxy) is 1. The van der Waals surface area contributed by atoms with Crippen LogP contribution in [0.3, 0.4) is 0 Å². The third-order valence-corrected chi connectivity index (χ3v) is 6.44. The number of alkyl carbamates (subject to hydrolysis) is 1. The Morgan fingerprint density at radius 2 is 1.87 bits per heavy atom. The molecule has 0 aliphatic heterocycles. The molecule has 2 aliphatic rings. The summed E-state index contributed by atoms with van der Waals surface area (Å²) in [5.74, 6) is 0.198. The zero-order valence-electron chi connectivity index (χ0n) is 17.4. The zero-order chi connectivity index (χ0) is 20.8. The molecular weight excluding hydrogens is 379 g/mol. The molecule has 0 heterocycles. The highest BCUT2D eigenvalue weighted by molar-refractivity contribution is 5.67. The van der Waals surface area contributed by atoms with Crippen LogP contribution in [0.25, 0.3) is 0 Å². The quantitative estimate of drug-likeness (QED) is 0.722. The summed E-state index contributed by atoms with van der Waals surface area (Å²) >= 11 is 0. The molecule has 1 unspecified atom stereocenters. The van der Waals surface area contributed by atoms with Gasteiger partial charge in [-0.2, -0.15) is 0 Å². The van der Waals surface area contributed by atoms with Gasteiger partial charge < -0.3 is 15.4 Å². The molecular formula is C25H31FN2O2. The lowest BCUT2D eigenvalue weighted by molar-refractivity contribution is 0.0360. The van der Waals surface area contributed by atoms with Gasteiger partial charge in [-0.05, 0) is 67.3 Å². The van der Waals surface area contributed by atoms with Crippen LogP contribution in [0.15, 0.2) is 48.5 Å². The summed E-state index contributed by atoms with van der Waals surface area (Å²) in [5.41, 5.74) is 3.45. The molecule has 5 heteroatoms. The van der Waals surface area contributed by atoms with E-state index in [4.69, 9.17) is 4.74 Å². The van der Waals surface area contributed by atoms with E-state index >= 15 is 0 Å². The minimum absolute atomic E-state index is 0.0352. The van der Waals surface area contributed by atoms with Gasteiger partial charge in [-0.3, -0.25) is 0 Å². The van der Waals surface area contributed by atoms with E-state index in [0.29, 0.717) is 18.5 Å². The van der Waals surface area contributed by atoms with Crippen molar-refractivity contribution in [3.63, 3.8) is 0 Å². The number of benzene rings is 2. The highest BCUT2D eigenvalue weighted by Gasteiger charge is 2.29. The molecule has 0 bridgehead atoms. The second-order valence-corrected chi connectivity index (χ2v) is 8.59. The molecule has 1 saturated carbocycles. The molecule has 0 aromatic heterocycles. The Bertz CT molecular complexity index is 842. The first kappa shape index (κ1) is 20.9. The van der Waals surface area contributed by atoms with E-state index < -0.39 is 0 Å². The number of rotatable bonds is 6. The van der Waals surface area contributed by atoms with Gasteiger partial charge in [-0.25, -0.2) is 9.18 Å². The van der Waals surface area contributed by atoms with Gasteiger partial charge in [0.25, 0.3) is 0 Å². The number of amides is 1. The maximum absolute atomic E-state index is 13.4. The van der Waals surface area contributed by atoms with Gasteiger partial charge in [0.1, 0.15) is 11.9 Å². The van der Waals surface area contributed by atoms with Gasteiger partial charge in [0.05, 0.1) is 0 Å². The van der Waals surface area contributed by atoms with Crippen molar-refractivity contribution < 1.29 is 13.9 Å². The van der Waals surface area contributed by atoms with Crippen LogP contribution >= 0.6 is 0 Å². The molecule has 0 radical (unpaired) electrons. The number of aryl methyl sites for hydroxylation is 1. The number of halogens is 1. The predicted octanol–water partition coefficient (Wildman–Crippen LogP) is 4.76. The fourth-order valence-corrected chi connectivity index (χ4v) is 4.73. The van der Waals surface area contributed by atoms with Gasteiger partial charge in [-0.15, -0.1) is 0 Å². The molecule has 1 amide bonds. The Morgan fingerprint density at radius 1 is 1.03 bits per heavy atom. The first-order valence-electron chi connectivity index (χ1n) is 11.2. The largest absolute Gasteiger partial charge is 0.446 e. The van der Waals surface area contributed by atoms with E-state index in [1.54, 1.807) is 12.1 Å². The molecule has 160 valence electrons. The maximum atomic E-state index is 13.4. The molecule has 2 aliphatic carbocycles. The molecule has 0 saturated heterocycles. The summed E-state index contributed by atoms with van der Waals surface area (Å²) in [7, 11) is 0. The Kier molecular flexibility index (Phi) is 7.00. The van der Waals surface area contributed by atoms with Gasteiger partial charge >= 0.3 is 6.09 Å². The Balaban J connectivity index is 1.25. The normalized spacial score (nSPS) is 23.4. The minimum atomic E-state index is -0.329. The van der Waals surface area contributed by atoms with E-state index in [0.717, 1.165) is 56.2 Å². The Labute approximate surface area is 178 Å². The smallest absolute Gasteiger partial charge is 0.407 e. The fourth-order valence-electron chi connectivity index (χ4n) is 4.73. The predicted molar refractivity (Wildman–Crippen MR) is 116 cm³/mol. The number of carbonyl (C=O) groups is 1. The van der Waals surface area contributed by atoms with Crippen molar-refractivity contribution in [3.8, 4) is 0 Å². The van der Waals surface area contributed by atoms with Crippen LogP contribution in [-0.2, 0) is 24.1 Å². The lowest BCUT2D eigenvalue weighted by Crippen LogP contribution is -2.43. The fraction of sp³-hybridized carbons (Fsp3) is 0.480. The summed E-state index contributed by atoms with van der Waals surface area (Å²) in [6, 6.07) is 15.4. The number of hydrogen-bond acceptors (Lipinski definition) is 3. The second kappa shape index (κ2) is 10.1. The third-order valence-electron chi connectivity index (χ3n) is 6.44. The number of nitrogens with one attached hydrogen (secondary N) is 2. The molecule has 0 spiro atoms. The van der Waals surface area contributed by atoms with Crippen molar-refractivity contribution in [1.29, 1.82) is 0 Å². The van der Waals surface area contributed by atoms with Gasteiger partial charge in [0, 0.05) is 25.0 Å². The van der Waals surface area contributed by atoms with Crippen LogP contribution in [0, 0.1) is 11.7 Å². The monoisotopic (exact) mass is 410 g/mol. The van der Waals surface area contributed by atoms with Crippen LogP contribution in [0.2, 0.25) is 0 Å². The lowest BCUT2D eigenvalue weighted by atomic mass is 9.85. The molecule has 2 aromatic carbocycles. The van der Waals surface area contributed by atoms with Crippen LogP contribution < -0.4 is 10.6 Å². The molecule has 2 aromatic rings. The van der Waals surface area contributed by atoms with Crippen LogP contribution in [0.5, 0.6) is 0 Å². The first-order valence-corrected chi connectivity index (χ1v) is 11.2. The van der Waals surface area contributed by atoms with E-state index in [9.17, 15) is 9.18 Å². The molecule has 30 heavy (non-hydrogen) atoms. The SMILES string of the molecule is O=C(NCc1ccccc1)O[C@@H]1CCCC[C@H]1CNC1CCc2cc(F)ccc2C1. The van der Waals surface area contributed by atoms with Crippen molar-refractivity contribution in [2.75, 3.05) is 6.54 Å². The number of hydrogen-bond donors (Lipinski definition) is 2. The molecule has 4 nitrogen and oxygen atoms in total. The summed E-state index contributed by atoms with van der Waals surface area (Å²) < 4.78 is 19.2. The van der Waals surface area contributed by atoms with Crippen LogP contribution in [0.1, 0.15) is 48.8 Å².